The number of hydrogen-bond donors (Lipinski definition) is 2. The molecule has 4 aromatic carbocycles. The lowest BCUT2D eigenvalue weighted by atomic mass is 9.93. The van der Waals surface area contributed by atoms with E-state index < -0.39 is 73.4 Å². The molecule has 15 heteroatoms. The van der Waals surface area contributed by atoms with E-state index >= 15 is 0 Å². The van der Waals surface area contributed by atoms with Crippen LogP contribution in [-0.2, 0) is 67.3 Å². The Morgan fingerprint density at radius 2 is 1.24 bits per heavy atom. The van der Waals surface area contributed by atoms with E-state index in [0.717, 1.165) is 22.3 Å². The molecular weight excluding hydrogens is 759 g/mol. The number of fused-ring (bicyclic) bond motifs is 1. The summed E-state index contributed by atoms with van der Waals surface area (Å²) in [5, 5.41) is 9.85. The zero-order valence-electron chi connectivity index (χ0n) is 32.9. The highest BCUT2D eigenvalue weighted by atomic mass is 16.8. The molecule has 0 bridgehead atoms. The molecule has 7 rings (SSSR count). The van der Waals surface area contributed by atoms with Gasteiger partial charge in [-0.3, -0.25) is 9.59 Å². The van der Waals surface area contributed by atoms with E-state index in [1.54, 1.807) is 0 Å². The number of carbonyl (C=O) groups is 2. The third-order valence-electron chi connectivity index (χ3n) is 10.2. The van der Waals surface area contributed by atoms with Gasteiger partial charge in [0.1, 0.15) is 42.7 Å². The number of hydrogen-bond acceptors (Lipinski definition) is 11. The van der Waals surface area contributed by atoms with Crippen molar-refractivity contribution in [2.45, 2.75) is 101 Å². The maximum Gasteiger partial charge on any atom is 0.217 e. The van der Waals surface area contributed by atoms with Gasteiger partial charge in [0.2, 0.25) is 11.8 Å². The summed E-state index contributed by atoms with van der Waals surface area (Å²) in [5.74, 6) is -0.765. The first kappa shape index (κ1) is 42.0. The molecule has 0 saturated carbocycles. The fourth-order valence-corrected chi connectivity index (χ4v) is 7.56. The number of carbonyl (C=O) groups excluding carboxylic acids is 2. The molecule has 3 aliphatic heterocycles. The molecular formula is C44H49N5O10. The van der Waals surface area contributed by atoms with Gasteiger partial charge in [-0.15, -0.1) is 0 Å². The average molecular weight is 808 g/mol. The molecule has 4 aromatic rings. The number of benzene rings is 4. The molecule has 0 radical (unpaired) electrons. The maximum atomic E-state index is 13.1. The normalized spacial score (nSPS) is 29.0. The fourth-order valence-electron chi connectivity index (χ4n) is 7.56. The highest BCUT2D eigenvalue weighted by Gasteiger charge is 2.55. The number of nitrogens with zero attached hydrogens (tertiary/aromatic N) is 3. The van der Waals surface area contributed by atoms with Gasteiger partial charge in [0.05, 0.1) is 39.1 Å². The van der Waals surface area contributed by atoms with Crippen LogP contribution < -0.4 is 10.6 Å². The van der Waals surface area contributed by atoms with Crippen molar-refractivity contribution in [3.8, 4) is 0 Å². The van der Waals surface area contributed by atoms with Crippen molar-refractivity contribution in [3.63, 3.8) is 0 Å². The molecule has 3 aliphatic rings. The van der Waals surface area contributed by atoms with Gasteiger partial charge in [-0.2, -0.15) is 0 Å². The average Bonchev–Trinajstić information content (AvgIpc) is 3.25. The second kappa shape index (κ2) is 20.7. The smallest absolute Gasteiger partial charge is 0.217 e. The third-order valence-corrected chi connectivity index (χ3v) is 10.2. The Hall–Kier alpha value is -5.19. The first-order valence-corrected chi connectivity index (χ1v) is 19.7. The van der Waals surface area contributed by atoms with Crippen molar-refractivity contribution >= 4 is 11.8 Å². The second-order valence-electron chi connectivity index (χ2n) is 14.6. The molecule has 15 nitrogen and oxygen atoms in total. The molecule has 0 spiro atoms. The Morgan fingerprint density at radius 1 is 0.695 bits per heavy atom. The lowest BCUT2D eigenvalue weighted by molar-refractivity contribution is -0.365. The monoisotopic (exact) mass is 807 g/mol. The topological polar surface area (TPSA) is 181 Å². The molecule has 0 aromatic heterocycles. The van der Waals surface area contributed by atoms with Gasteiger partial charge in [-0.05, 0) is 22.2 Å². The minimum Gasteiger partial charge on any atom is -0.374 e. The van der Waals surface area contributed by atoms with E-state index in [9.17, 15) is 15.1 Å². The molecule has 3 saturated heterocycles. The second-order valence-corrected chi connectivity index (χ2v) is 14.6. The summed E-state index contributed by atoms with van der Waals surface area (Å²) in [5.41, 5.74) is 13.2. The Labute approximate surface area is 342 Å². The molecule has 2 N–H and O–H groups in total. The van der Waals surface area contributed by atoms with Crippen LogP contribution in [0.15, 0.2) is 126 Å². The number of azide groups is 1. The summed E-state index contributed by atoms with van der Waals surface area (Å²) in [6.45, 7) is 3.40. The van der Waals surface area contributed by atoms with Gasteiger partial charge in [0.25, 0.3) is 0 Å². The summed E-state index contributed by atoms with van der Waals surface area (Å²) >= 11 is 0. The van der Waals surface area contributed by atoms with Crippen molar-refractivity contribution in [3.05, 3.63) is 154 Å². The Bertz CT molecular complexity index is 1980. The van der Waals surface area contributed by atoms with E-state index in [1.165, 1.54) is 13.8 Å². The summed E-state index contributed by atoms with van der Waals surface area (Å²) in [7, 11) is 0. The highest BCUT2D eigenvalue weighted by Crippen LogP contribution is 2.38. The minimum atomic E-state index is -1.20. The molecule has 59 heavy (non-hydrogen) atoms. The van der Waals surface area contributed by atoms with E-state index in [1.807, 2.05) is 121 Å². The van der Waals surface area contributed by atoms with Crippen molar-refractivity contribution < 1.29 is 47.5 Å². The minimum absolute atomic E-state index is 0.0303. The van der Waals surface area contributed by atoms with E-state index in [0.29, 0.717) is 0 Å². The molecule has 11 atom stereocenters. The number of amides is 2. The summed E-state index contributed by atoms with van der Waals surface area (Å²) < 4.78 is 52.5. The largest absolute Gasteiger partial charge is 0.374 e. The van der Waals surface area contributed by atoms with Gasteiger partial charge >= 0.3 is 0 Å². The Morgan fingerprint density at radius 3 is 1.81 bits per heavy atom. The summed E-state index contributed by atoms with van der Waals surface area (Å²) in [6, 6.07) is 36.4. The van der Waals surface area contributed by atoms with Gasteiger partial charge in [0, 0.05) is 24.3 Å². The molecule has 1 unspecified atom stereocenters. The first-order valence-electron chi connectivity index (χ1n) is 19.7. The van der Waals surface area contributed by atoms with E-state index in [-0.39, 0.29) is 38.9 Å². The van der Waals surface area contributed by atoms with Crippen LogP contribution in [0.25, 0.3) is 10.4 Å². The Balaban J connectivity index is 1.24. The molecule has 2 amide bonds. The fraction of sp³-hybridized carbons (Fsp3) is 0.409. The maximum absolute atomic E-state index is 13.1. The van der Waals surface area contributed by atoms with Crippen molar-refractivity contribution in [1.82, 2.24) is 10.6 Å². The van der Waals surface area contributed by atoms with Crippen molar-refractivity contribution in [2.24, 2.45) is 5.11 Å². The van der Waals surface area contributed by atoms with Gasteiger partial charge in [-0.25, -0.2) is 0 Å². The predicted molar refractivity (Wildman–Crippen MR) is 213 cm³/mol. The SMILES string of the molecule is CC(=O)N[C@@H]1[C@@H](OCc2ccccc2)[C@H](O[C@@H]2O[C@@H]3COC(c4ccccc4)O[C@H]3[C@H](OCc3ccccc3)[C@H]2NC(C)=O)[C@@H](COCc2ccccc2)O[C@H]1N=[N+]=[N-]. The number of nitrogens with one attached hydrogen (secondary N) is 2. The van der Waals surface area contributed by atoms with E-state index in [2.05, 4.69) is 20.7 Å². The van der Waals surface area contributed by atoms with Gasteiger partial charge < -0.3 is 48.5 Å². The molecule has 3 heterocycles. The van der Waals surface area contributed by atoms with Gasteiger partial charge in [0.15, 0.2) is 18.8 Å². The van der Waals surface area contributed by atoms with E-state index in [4.69, 9.17) is 37.9 Å². The predicted octanol–water partition coefficient (Wildman–Crippen LogP) is 5.64. The third kappa shape index (κ3) is 11.1. The Kier molecular flexibility index (Phi) is 14.7. The summed E-state index contributed by atoms with van der Waals surface area (Å²) in [4.78, 5) is 28.8. The van der Waals surface area contributed by atoms with Crippen LogP contribution >= 0.6 is 0 Å². The highest BCUT2D eigenvalue weighted by molar-refractivity contribution is 5.73. The zero-order chi connectivity index (χ0) is 41.0. The molecule has 3 fully saturated rings. The molecule has 0 aliphatic carbocycles. The number of rotatable bonds is 16. The standard InChI is InChI=1S/C44H49N5O10/c1-28(50)46-36-40(53-24-31-17-9-4-10-18-31)38(34(56-42(36)48-49-45)26-52-23-30-15-7-3-8-16-30)59-44-37(47-29(2)51)41(54-25-32-19-11-5-12-20-32)39-35(57-44)27-55-43(58-39)33-21-13-6-14-22-33/h3-22,34-44H,23-27H2,1-2H3,(H,46,50)(H,47,51)/t34-,35-,36-,37-,38-,39-,40-,41-,42-,43?,44+/m1/s1. The van der Waals surface area contributed by atoms with Crippen molar-refractivity contribution in [1.29, 1.82) is 0 Å². The van der Waals surface area contributed by atoms with Crippen LogP contribution in [0.5, 0.6) is 0 Å². The quantitative estimate of drug-likeness (QED) is 0.0817. The van der Waals surface area contributed by atoms with Crippen LogP contribution in [0, 0.1) is 0 Å². The number of ether oxygens (including phenoxy) is 8. The van der Waals surface area contributed by atoms with Crippen molar-refractivity contribution in [2.75, 3.05) is 13.2 Å². The van der Waals surface area contributed by atoms with Crippen LogP contribution in [0.3, 0.4) is 0 Å². The van der Waals surface area contributed by atoms with Crippen LogP contribution in [0.1, 0.15) is 42.4 Å². The summed E-state index contributed by atoms with van der Waals surface area (Å²) in [6.07, 6.45) is -8.26. The lowest BCUT2D eigenvalue weighted by Gasteiger charge is -2.51. The lowest BCUT2D eigenvalue weighted by Crippen LogP contribution is -2.70. The van der Waals surface area contributed by atoms with Crippen LogP contribution in [0.2, 0.25) is 0 Å². The van der Waals surface area contributed by atoms with Gasteiger partial charge in [-0.1, -0.05) is 126 Å². The molecule has 310 valence electrons. The van der Waals surface area contributed by atoms with Crippen LogP contribution in [0.4, 0.5) is 0 Å². The zero-order valence-corrected chi connectivity index (χ0v) is 32.9. The first-order chi connectivity index (χ1) is 28.9. The van der Waals surface area contributed by atoms with Crippen LogP contribution in [-0.4, -0.2) is 86.3 Å².